The van der Waals surface area contributed by atoms with Gasteiger partial charge in [-0.05, 0) is 31.5 Å². The van der Waals surface area contributed by atoms with Crippen LogP contribution in [-0.4, -0.2) is 46.8 Å². The van der Waals surface area contributed by atoms with Crippen LogP contribution in [0.1, 0.15) is 47.4 Å². The first-order valence-electron chi connectivity index (χ1n) is 9.54. The highest BCUT2D eigenvalue weighted by Crippen LogP contribution is 2.23. The van der Waals surface area contributed by atoms with Crippen molar-refractivity contribution in [1.29, 1.82) is 0 Å². The lowest BCUT2D eigenvalue weighted by molar-refractivity contribution is -0.113. The molecule has 0 bridgehead atoms. The van der Waals surface area contributed by atoms with Crippen LogP contribution in [0.2, 0.25) is 5.02 Å². The highest BCUT2D eigenvalue weighted by molar-refractivity contribution is 7.99. The molecule has 2 rings (SSSR count). The number of carbonyl (C=O) groups is 3. The summed E-state index contributed by atoms with van der Waals surface area (Å²) in [5, 5.41) is 3.14. The van der Waals surface area contributed by atoms with Crippen LogP contribution < -0.4 is 11.1 Å². The lowest BCUT2D eigenvalue weighted by atomic mass is 10.2. The van der Waals surface area contributed by atoms with Gasteiger partial charge >= 0.3 is 11.9 Å². The van der Waals surface area contributed by atoms with E-state index in [2.05, 4.69) is 15.3 Å². The standard InChI is InChI=1S/C20H23ClN4O5S/c1-3-5-8-30-18(27)13-9-12(6-7-15(13)21)24-16(26)11-31-20-23-10-14(17(22)25-20)19(28)29-4-2/h6-7,9-10H,3-5,8,11H2,1-2H3,(H,24,26)(H2,22,23,25). The Bertz CT molecular complexity index is 957. The van der Waals surface area contributed by atoms with E-state index in [1.54, 1.807) is 13.0 Å². The molecule has 2 aromatic rings. The number of nitrogens with two attached hydrogens (primary N) is 1. The van der Waals surface area contributed by atoms with Crippen molar-refractivity contribution in [3.8, 4) is 0 Å². The molecule has 0 radical (unpaired) electrons. The number of esters is 2. The Morgan fingerprint density at radius 1 is 1.16 bits per heavy atom. The molecule has 3 N–H and O–H groups in total. The van der Waals surface area contributed by atoms with E-state index in [9.17, 15) is 14.4 Å². The molecule has 166 valence electrons. The van der Waals surface area contributed by atoms with Gasteiger partial charge in [-0.1, -0.05) is 36.7 Å². The van der Waals surface area contributed by atoms with Crippen LogP contribution in [0.15, 0.2) is 29.6 Å². The molecule has 9 nitrogen and oxygen atoms in total. The largest absolute Gasteiger partial charge is 0.462 e. The van der Waals surface area contributed by atoms with Crippen molar-refractivity contribution < 1.29 is 23.9 Å². The number of benzene rings is 1. The molecule has 1 aromatic carbocycles. The number of nitrogens with zero attached hydrogens (tertiary/aromatic N) is 2. The third-order valence-corrected chi connectivity index (χ3v) is 5.02. The van der Waals surface area contributed by atoms with E-state index in [4.69, 9.17) is 26.8 Å². The Balaban J connectivity index is 1.95. The van der Waals surface area contributed by atoms with E-state index in [0.29, 0.717) is 12.3 Å². The summed E-state index contributed by atoms with van der Waals surface area (Å²) in [6.45, 7) is 4.18. The minimum absolute atomic E-state index is 0.0168. The van der Waals surface area contributed by atoms with Crippen LogP contribution in [0.4, 0.5) is 11.5 Å². The molecule has 0 aliphatic rings. The van der Waals surface area contributed by atoms with Crippen molar-refractivity contribution in [2.45, 2.75) is 31.8 Å². The van der Waals surface area contributed by atoms with Gasteiger partial charge in [-0.15, -0.1) is 0 Å². The van der Waals surface area contributed by atoms with Crippen LogP contribution in [0.25, 0.3) is 0 Å². The summed E-state index contributed by atoms with van der Waals surface area (Å²) in [4.78, 5) is 44.2. The highest BCUT2D eigenvalue weighted by atomic mass is 35.5. The number of halogens is 1. The molecule has 0 aliphatic carbocycles. The summed E-state index contributed by atoms with van der Waals surface area (Å²) in [6, 6.07) is 4.55. The number of carbonyl (C=O) groups excluding carboxylic acids is 3. The summed E-state index contributed by atoms with van der Waals surface area (Å²) in [6.07, 6.45) is 2.91. The average Bonchev–Trinajstić information content (AvgIpc) is 2.74. The fraction of sp³-hybridized carbons (Fsp3) is 0.350. The van der Waals surface area contributed by atoms with Crippen LogP contribution in [-0.2, 0) is 14.3 Å². The molecular formula is C20H23ClN4O5S. The van der Waals surface area contributed by atoms with Gasteiger partial charge in [0.2, 0.25) is 5.91 Å². The molecule has 1 aromatic heterocycles. The first kappa shape index (κ1) is 24.4. The number of ether oxygens (including phenoxy) is 2. The molecule has 0 atom stereocenters. The van der Waals surface area contributed by atoms with Crippen LogP contribution >= 0.6 is 23.4 Å². The molecule has 1 heterocycles. The van der Waals surface area contributed by atoms with Gasteiger partial charge in [0.1, 0.15) is 11.4 Å². The number of nitrogen functional groups attached to an aromatic ring is 1. The second-order valence-electron chi connectivity index (χ2n) is 6.19. The zero-order valence-corrected chi connectivity index (χ0v) is 18.7. The van der Waals surface area contributed by atoms with Gasteiger partial charge in [0.25, 0.3) is 0 Å². The van der Waals surface area contributed by atoms with Gasteiger partial charge in [-0.3, -0.25) is 4.79 Å². The zero-order valence-electron chi connectivity index (χ0n) is 17.1. The first-order chi connectivity index (χ1) is 14.8. The minimum atomic E-state index is -0.610. The lowest BCUT2D eigenvalue weighted by Gasteiger charge is -2.09. The number of thioether (sulfide) groups is 1. The monoisotopic (exact) mass is 466 g/mol. The SMILES string of the molecule is CCCCOC(=O)c1cc(NC(=O)CSc2ncc(C(=O)OCC)c(N)n2)ccc1Cl. The number of amides is 1. The predicted molar refractivity (Wildman–Crippen MR) is 118 cm³/mol. The fourth-order valence-corrected chi connectivity index (χ4v) is 3.10. The summed E-state index contributed by atoms with van der Waals surface area (Å²) >= 11 is 7.11. The maximum absolute atomic E-state index is 12.3. The first-order valence-corrected chi connectivity index (χ1v) is 10.9. The molecule has 0 spiro atoms. The van der Waals surface area contributed by atoms with Crippen molar-refractivity contribution in [3.63, 3.8) is 0 Å². The molecule has 0 aliphatic heterocycles. The van der Waals surface area contributed by atoms with E-state index in [0.717, 1.165) is 24.6 Å². The Morgan fingerprint density at radius 3 is 2.58 bits per heavy atom. The lowest BCUT2D eigenvalue weighted by Crippen LogP contribution is -2.16. The molecule has 0 fully saturated rings. The number of hydrogen-bond acceptors (Lipinski definition) is 9. The second-order valence-corrected chi connectivity index (χ2v) is 7.54. The Hall–Kier alpha value is -2.85. The maximum Gasteiger partial charge on any atom is 0.343 e. The molecule has 0 saturated heterocycles. The summed E-state index contributed by atoms with van der Waals surface area (Å²) in [5.74, 6) is -1.55. The summed E-state index contributed by atoms with van der Waals surface area (Å²) < 4.78 is 10.0. The van der Waals surface area contributed by atoms with E-state index in [1.807, 2.05) is 6.92 Å². The number of unbranched alkanes of at least 4 members (excludes halogenated alkanes) is 1. The summed E-state index contributed by atoms with van der Waals surface area (Å²) in [5.41, 5.74) is 6.40. The quantitative estimate of drug-likeness (QED) is 0.233. The average molecular weight is 467 g/mol. The van der Waals surface area contributed by atoms with E-state index >= 15 is 0 Å². The number of rotatable bonds is 10. The second kappa shape index (κ2) is 12.1. The van der Waals surface area contributed by atoms with Gasteiger partial charge in [-0.2, -0.15) is 0 Å². The Labute approximate surface area is 189 Å². The number of nitrogens with one attached hydrogen (secondary N) is 1. The molecule has 31 heavy (non-hydrogen) atoms. The molecule has 1 amide bonds. The topological polar surface area (TPSA) is 134 Å². The minimum Gasteiger partial charge on any atom is -0.462 e. The Kier molecular flexibility index (Phi) is 9.54. The number of hydrogen-bond donors (Lipinski definition) is 2. The summed E-state index contributed by atoms with van der Waals surface area (Å²) in [7, 11) is 0. The van der Waals surface area contributed by atoms with Crippen molar-refractivity contribution in [1.82, 2.24) is 9.97 Å². The van der Waals surface area contributed by atoms with Crippen molar-refractivity contribution in [3.05, 3.63) is 40.5 Å². The van der Waals surface area contributed by atoms with Crippen molar-refractivity contribution in [2.24, 2.45) is 0 Å². The smallest absolute Gasteiger partial charge is 0.343 e. The van der Waals surface area contributed by atoms with Crippen LogP contribution in [0, 0.1) is 0 Å². The van der Waals surface area contributed by atoms with E-state index in [-0.39, 0.29) is 45.4 Å². The number of aromatic nitrogens is 2. The molecule has 0 saturated carbocycles. The van der Waals surface area contributed by atoms with E-state index < -0.39 is 11.9 Å². The van der Waals surface area contributed by atoms with Gasteiger partial charge in [0.05, 0.1) is 29.6 Å². The van der Waals surface area contributed by atoms with Gasteiger partial charge in [-0.25, -0.2) is 19.6 Å². The third kappa shape index (κ3) is 7.41. The predicted octanol–water partition coefficient (Wildman–Crippen LogP) is 3.58. The molecular weight excluding hydrogens is 444 g/mol. The molecule has 11 heteroatoms. The van der Waals surface area contributed by atoms with Gasteiger partial charge in [0, 0.05) is 11.9 Å². The van der Waals surface area contributed by atoms with Crippen LogP contribution in [0.3, 0.4) is 0 Å². The van der Waals surface area contributed by atoms with Gasteiger partial charge < -0.3 is 20.5 Å². The fourth-order valence-electron chi connectivity index (χ4n) is 2.29. The third-order valence-electron chi connectivity index (χ3n) is 3.82. The normalized spacial score (nSPS) is 10.4. The van der Waals surface area contributed by atoms with E-state index in [1.165, 1.54) is 18.3 Å². The Morgan fingerprint density at radius 2 is 1.90 bits per heavy atom. The van der Waals surface area contributed by atoms with Gasteiger partial charge in [0.15, 0.2) is 5.16 Å². The van der Waals surface area contributed by atoms with Crippen molar-refractivity contribution in [2.75, 3.05) is 30.0 Å². The van der Waals surface area contributed by atoms with Crippen molar-refractivity contribution >= 4 is 52.7 Å². The maximum atomic E-state index is 12.3. The zero-order chi connectivity index (χ0) is 22.8. The molecule has 0 unspecified atom stereocenters. The van der Waals surface area contributed by atoms with Crippen LogP contribution in [0.5, 0.6) is 0 Å². The highest BCUT2D eigenvalue weighted by Gasteiger charge is 2.16. The number of anilines is 2.